The fourth-order valence-electron chi connectivity index (χ4n) is 3.10. The molecule has 0 atom stereocenters. The molecule has 3 aromatic rings. The summed E-state index contributed by atoms with van der Waals surface area (Å²) in [5.74, 6) is 1.19. The van der Waals surface area contributed by atoms with Gasteiger partial charge in [-0.2, -0.15) is 0 Å². The molecule has 1 aliphatic rings. The fraction of sp³-hybridized carbons (Fsp3) is 0.286. The van der Waals surface area contributed by atoms with Crippen LogP contribution in [-0.2, 0) is 21.1 Å². The summed E-state index contributed by atoms with van der Waals surface area (Å²) in [4.78, 5) is 12.3. The monoisotopic (exact) mass is 443 g/mol. The number of ether oxygens (including phenoxy) is 2. The van der Waals surface area contributed by atoms with Crippen LogP contribution in [0.2, 0.25) is 0 Å². The summed E-state index contributed by atoms with van der Waals surface area (Å²) in [5, 5.41) is 10.3. The van der Waals surface area contributed by atoms with E-state index in [0.717, 1.165) is 5.56 Å². The van der Waals surface area contributed by atoms with E-state index in [1.165, 1.54) is 12.1 Å². The number of carbonyl (C=O) groups excluding carboxylic acids is 1. The molecule has 10 heteroatoms. The van der Waals surface area contributed by atoms with E-state index in [2.05, 4.69) is 15.5 Å². The van der Waals surface area contributed by atoms with E-state index >= 15 is 0 Å². The molecule has 9 nitrogen and oxygen atoms in total. The molecule has 1 aliphatic heterocycles. The molecular weight excluding hydrogens is 422 g/mol. The van der Waals surface area contributed by atoms with Gasteiger partial charge in [-0.15, -0.1) is 5.10 Å². The Labute approximate surface area is 179 Å². The lowest BCUT2D eigenvalue weighted by molar-refractivity contribution is -0.116. The summed E-state index contributed by atoms with van der Waals surface area (Å²) >= 11 is 0. The fourth-order valence-corrected chi connectivity index (χ4v) is 4.43. The lowest BCUT2D eigenvalue weighted by Gasteiger charge is -2.18. The van der Waals surface area contributed by atoms with Gasteiger partial charge < -0.3 is 13.9 Å². The molecule has 162 valence electrons. The first-order chi connectivity index (χ1) is 15.0. The summed E-state index contributed by atoms with van der Waals surface area (Å²) in [6.45, 7) is 1.02. The first-order valence-corrected chi connectivity index (χ1v) is 11.4. The van der Waals surface area contributed by atoms with Crippen molar-refractivity contribution in [2.45, 2.75) is 24.2 Å². The average Bonchev–Trinajstić information content (AvgIpc) is 3.20. The lowest BCUT2D eigenvalue weighted by Crippen LogP contribution is -2.15. The molecule has 0 spiro atoms. The number of fused-ring (bicyclic) bond motifs is 1. The number of rotatable bonds is 8. The Hall–Kier alpha value is -3.40. The molecule has 1 amide bonds. The number of nitrogens with zero attached hydrogens (tertiary/aromatic N) is 2. The van der Waals surface area contributed by atoms with Crippen LogP contribution in [0.1, 0.15) is 24.3 Å². The normalized spacial score (nSPS) is 13.0. The zero-order valence-electron chi connectivity index (χ0n) is 16.6. The summed E-state index contributed by atoms with van der Waals surface area (Å²) in [6.07, 6.45) is 0.571. The van der Waals surface area contributed by atoms with Crippen molar-refractivity contribution >= 4 is 21.8 Å². The van der Waals surface area contributed by atoms with E-state index in [0.29, 0.717) is 37.0 Å². The van der Waals surface area contributed by atoms with E-state index < -0.39 is 15.7 Å². The van der Waals surface area contributed by atoms with Crippen molar-refractivity contribution in [1.29, 1.82) is 0 Å². The maximum absolute atomic E-state index is 12.2. The van der Waals surface area contributed by atoms with E-state index in [4.69, 9.17) is 13.9 Å². The highest BCUT2D eigenvalue weighted by Gasteiger charge is 2.17. The van der Waals surface area contributed by atoms with Crippen LogP contribution in [0.25, 0.3) is 0 Å². The first-order valence-electron chi connectivity index (χ1n) is 9.78. The lowest BCUT2D eigenvalue weighted by atomic mass is 10.1. The number of nitrogens with one attached hydrogen (secondary N) is 1. The third kappa shape index (κ3) is 5.40. The summed E-state index contributed by atoms with van der Waals surface area (Å²) in [5.41, 5.74) is 0.900. The smallest absolute Gasteiger partial charge is 0.322 e. The van der Waals surface area contributed by atoms with Crippen molar-refractivity contribution in [1.82, 2.24) is 10.2 Å². The number of benzene rings is 2. The van der Waals surface area contributed by atoms with E-state index in [9.17, 15) is 13.2 Å². The minimum Gasteiger partial charge on any atom is -0.486 e. The van der Waals surface area contributed by atoms with Crippen LogP contribution in [0.5, 0.6) is 11.5 Å². The Kier molecular flexibility index (Phi) is 6.17. The van der Waals surface area contributed by atoms with Crippen LogP contribution < -0.4 is 14.8 Å². The van der Waals surface area contributed by atoms with Gasteiger partial charge in [-0.3, -0.25) is 10.1 Å². The molecule has 0 fully saturated rings. The molecule has 0 saturated carbocycles. The molecule has 0 aliphatic carbocycles. The van der Waals surface area contributed by atoms with Crippen LogP contribution in [0.4, 0.5) is 6.01 Å². The largest absolute Gasteiger partial charge is 0.486 e. The number of hydrogen-bond donors (Lipinski definition) is 1. The molecule has 2 heterocycles. The van der Waals surface area contributed by atoms with E-state index in [1.807, 2.05) is 18.2 Å². The zero-order valence-corrected chi connectivity index (χ0v) is 17.4. The van der Waals surface area contributed by atoms with Crippen molar-refractivity contribution in [2.75, 3.05) is 24.3 Å². The van der Waals surface area contributed by atoms with Gasteiger partial charge in [0.15, 0.2) is 21.3 Å². The summed E-state index contributed by atoms with van der Waals surface area (Å²) < 4.78 is 41.0. The Bertz CT molecular complexity index is 1160. The Balaban J connectivity index is 1.27. The minimum atomic E-state index is -3.42. The molecular formula is C21H21N3O6S. The third-order valence-corrected chi connectivity index (χ3v) is 6.41. The second-order valence-electron chi connectivity index (χ2n) is 6.94. The van der Waals surface area contributed by atoms with Crippen LogP contribution in [-0.4, -0.2) is 43.5 Å². The quantitative estimate of drug-likeness (QED) is 0.564. The van der Waals surface area contributed by atoms with Gasteiger partial charge in [0.2, 0.25) is 11.8 Å². The summed E-state index contributed by atoms with van der Waals surface area (Å²) in [7, 11) is -3.42. The van der Waals surface area contributed by atoms with Gasteiger partial charge in [-0.25, -0.2) is 8.42 Å². The predicted molar refractivity (Wildman–Crippen MR) is 111 cm³/mol. The van der Waals surface area contributed by atoms with Crippen molar-refractivity contribution in [3.8, 4) is 11.5 Å². The molecule has 31 heavy (non-hydrogen) atoms. The molecule has 0 saturated heterocycles. The number of amides is 1. The maximum atomic E-state index is 12.2. The topological polar surface area (TPSA) is 121 Å². The average molecular weight is 443 g/mol. The second kappa shape index (κ2) is 9.17. The van der Waals surface area contributed by atoms with Gasteiger partial charge in [-0.05, 0) is 36.2 Å². The Morgan fingerprint density at radius 2 is 1.77 bits per heavy atom. The van der Waals surface area contributed by atoms with E-state index in [1.54, 1.807) is 18.2 Å². The molecule has 4 rings (SSSR count). The summed E-state index contributed by atoms with van der Waals surface area (Å²) in [6, 6.07) is 13.7. The molecule has 1 N–H and O–H groups in total. The number of anilines is 1. The van der Waals surface area contributed by atoms with Crippen LogP contribution in [0.3, 0.4) is 0 Å². The van der Waals surface area contributed by atoms with Crippen molar-refractivity contribution in [3.63, 3.8) is 0 Å². The zero-order chi connectivity index (χ0) is 21.7. The van der Waals surface area contributed by atoms with Crippen LogP contribution in [0, 0.1) is 0 Å². The minimum absolute atomic E-state index is 0.0198. The SMILES string of the molecule is O=C(CCCS(=O)(=O)c1ccccc1)Nc1nnc(Cc2ccc3c(c2)OCCO3)o1. The number of aromatic nitrogens is 2. The number of sulfone groups is 1. The van der Waals surface area contributed by atoms with Gasteiger partial charge in [0.05, 0.1) is 17.1 Å². The molecule has 0 radical (unpaired) electrons. The second-order valence-corrected chi connectivity index (χ2v) is 9.05. The first kappa shape index (κ1) is 20.9. The Morgan fingerprint density at radius 1 is 1.00 bits per heavy atom. The highest BCUT2D eigenvalue weighted by molar-refractivity contribution is 7.91. The third-order valence-electron chi connectivity index (χ3n) is 4.59. The molecule has 2 aromatic carbocycles. The van der Waals surface area contributed by atoms with Crippen LogP contribution >= 0.6 is 0 Å². The van der Waals surface area contributed by atoms with Gasteiger partial charge in [0, 0.05) is 6.42 Å². The molecule has 0 bridgehead atoms. The van der Waals surface area contributed by atoms with Gasteiger partial charge in [0.25, 0.3) is 0 Å². The van der Waals surface area contributed by atoms with Crippen LogP contribution in [0.15, 0.2) is 57.8 Å². The number of hydrogen-bond acceptors (Lipinski definition) is 8. The van der Waals surface area contributed by atoms with Crippen molar-refractivity contribution in [3.05, 3.63) is 60.0 Å². The standard InChI is InChI=1S/C21H21N3O6S/c25-19(7-4-12-31(26,27)16-5-2-1-3-6-16)22-21-24-23-20(30-21)14-15-8-9-17-18(13-15)29-11-10-28-17/h1-3,5-6,8-9,13H,4,7,10-12,14H2,(H,22,24,25). The van der Waals surface area contributed by atoms with E-state index in [-0.39, 0.29) is 29.5 Å². The van der Waals surface area contributed by atoms with Gasteiger partial charge in [0.1, 0.15) is 13.2 Å². The van der Waals surface area contributed by atoms with Gasteiger partial charge in [-0.1, -0.05) is 29.4 Å². The molecule has 1 aromatic heterocycles. The Morgan fingerprint density at radius 3 is 2.58 bits per heavy atom. The predicted octanol–water partition coefficient (Wildman–Crippen LogP) is 2.62. The van der Waals surface area contributed by atoms with Crippen molar-refractivity contribution < 1.29 is 27.1 Å². The van der Waals surface area contributed by atoms with Crippen molar-refractivity contribution in [2.24, 2.45) is 0 Å². The highest BCUT2D eigenvalue weighted by Crippen LogP contribution is 2.31. The number of carbonyl (C=O) groups is 1. The molecule has 0 unspecified atom stereocenters. The maximum Gasteiger partial charge on any atom is 0.322 e. The van der Waals surface area contributed by atoms with Gasteiger partial charge >= 0.3 is 6.01 Å². The highest BCUT2D eigenvalue weighted by atomic mass is 32.2.